The second kappa shape index (κ2) is 4.55. The van der Waals surface area contributed by atoms with Crippen molar-refractivity contribution in [3.8, 4) is 0 Å². The zero-order valence-corrected chi connectivity index (χ0v) is 11.0. The van der Waals surface area contributed by atoms with E-state index >= 15 is 0 Å². The topological polar surface area (TPSA) is 50.2 Å². The quantitative estimate of drug-likeness (QED) is 0.809. The molecular weight excluding hydrogens is 272 g/mol. The lowest BCUT2D eigenvalue weighted by Crippen LogP contribution is -2.50. The zero-order chi connectivity index (χ0) is 11.7. The van der Waals surface area contributed by atoms with Crippen LogP contribution in [0.25, 0.3) is 0 Å². The highest BCUT2D eigenvalue weighted by atomic mass is 79.9. The molecule has 0 spiro atoms. The third-order valence-electron chi connectivity index (χ3n) is 2.87. The number of hydrogen-bond acceptors (Lipinski definition) is 4. The lowest BCUT2D eigenvalue weighted by molar-refractivity contribution is 0.498. The van der Waals surface area contributed by atoms with Crippen LogP contribution in [0.5, 0.6) is 0 Å². The molecule has 6 heteroatoms. The molecule has 1 unspecified atom stereocenters. The second-order valence-electron chi connectivity index (χ2n) is 4.02. The summed E-state index contributed by atoms with van der Waals surface area (Å²) < 4.78 is 1.93. The summed E-state index contributed by atoms with van der Waals surface area (Å²) in [5.41, 5.74) is 0.792. The standard InChI is InChI=1S/C10H15BrN4O/c1-7-5-12-3-4-15(7)8-6-13-14(2)10(16)9(8)11/h6-7,12H,3-5H2,1-2H3. The average Bonchev–Trinajstić information content (AvgIpc) is 2.28. The van der Waals surface area contributed by atoms with Crippen LogP contribution in [0.1, 0.15) is 6.92 Å². The first-order chi connectivity index (χ1) is 7.61. The summed E-state index contributed by atoms with van der Waals surface area (Å²) in [4.78, 5) is 14.0. The van der Waals surface area contributed by atoms with Crippen LogP contribution >= 0.6 is 15.9 Å². The van der Waals surface area contributed by atoms with E-state index < -0.39 is 0 Å². The third kappa shape index (κ3) is 1.99. The van der Waals surface area contributed by atoms with E-state index in [-0.39, 0.29) is 5.56 Å². The van der Waals surface area contributed by atoms with Gasteiger partial charge < -0.3 is 10.2 Å². The highest BCUT2D eigenvalue weighted by molar-refractivity contribution is 9.10. The molecule has 0 saturated carbocycles. The van der Waals surface area contributed by atoms with Gasteiger partial charge in [0.1, 0.15) is 4.47 Å². The van der Waals surface area contributed by atoms with Gasteiger partial charge in [-0.25, -0.2) is 4.68 Å². The van der Waals surface area contributed by atoms with Gasteiger partial charge >= 0.3 is 0 Å². The molecule has 0 aromatic carbocycles. The largest absolute Gasteiger partial charge is 0.364 e. The Morgan fingerprint density at radius 2 is 2.38 bits per heavy atom. The van der Waals surface area contributed by atoms with E-state index in [1.165, 1.54) is 4.68 Å². The predicted octanol–water partition coefficient (Wildman–Crippen LogP) is 0.341. The highest BCUT2D eigenvalue weighted by Gasteiger charge is 2.21. The Morgan fingerprint density at radius 3 is 3.06 bits per heavy atom. The number of rotatable bonds is 1. The molecule has 0 aliphatic carbocycles. The van der Waals surface area contributed by atoms with E-state index in [1.807, 2.05) is 0 Å². The zero-order valence-electron chi connectivity index (χ0n) is 9.40. The van der Waals surface area contributed by atoms with Gasteiger partial charge in [-0.05, 0) is 22.9 Å². The first-order valence-electron chi connectivity index (χ1n) is 5.30. The van der Waals surface area contributed by atoms with Crippen molar-refractivity contribution >= 4 is 21.6 Å². The summed E-state index contributed by atoms with van der Waals surface area (Å²) in [6.45, 7) is 4.90. The molecule has 16 heavy (non-hydrogen) atoms. The van der Waals surface area contributed by atoms with Crippen LogP contribution in [0.2, 0.25) is 0 Å². The fourth-order valence-electron chi connectivity index (χ4n) is 1.90. The van der Waals surface area contributed by atoms with Crippen LogP contribution < -0.4 is 15.8 Å². The summed E-state index contributed by atoms with van der Waals surface area (Å²) in [6, 6.07) is 0.374. The van der Waals surface area contributed by atoms with Crippen LogP contribution in [0.4, 0.5) is 5.69 Å². The van der Waals surface area contributed by atoms with Gasteiger partial charge in [0.25, 0.3) is 5.56 Å². The molecule has 1 saturated heterocycles. The van der Waals surface area contributed by atoms with Crippen molar-refractivity contribution in [3.05, 3.63) is 21.0 Å². The number of hydrogen-bond donors (Lipinski definition) is 1. The fraction of sp³-hybridized carbons (Fsp3) is 0.600. The van der Waals surface area contributed by atoms with Crippen LogP contribution in [0.15, 0.2) is 15.5 Å². The van der Waals surface area contributed by atoms with Crippen LogP contribution in [0.3, 0.4) is 0 Å². The number of aryl methyl sites for hydroxylation is 1. The molecular formula is C10H15BrN4O. The second-order valence-corrected chi connectivity index (χ2v) is 4.81. The van der Waals surface area contributed by atoms with Gasteiger partial charge in [0.15, 0.2) is 0 Å². The van der Waals surface area contributed by atoms with Crippen molar-refractivity contribution in [1.29, 1.82) is 0 Å². The lowest BCUT2D eigenvalue weighted by Gasteiger charge is -2.36. The van der Waals surface area contributed by atoms with Crippen molar-refractivity contribution < 1.29 is 0 Å². The summed E-state index contributed by atoms with van der Waals surface area (Å²) >= 11 is 3.36. The SMILES string of the molecule is CC1CNCCN1c1cnn(C)c(=O)c1Br. The lowest BCUT2D eigenvalue weighted by atomic mass is 10.2. The van der Waals surface area contributed by atoms with E-state index in [2.05, 4.69) is 38.2 Å². The van der Waals surface area contributed by atoms with Crippen molar-refractivity contribution in [2.24, 2.45) is 7.05 Å². The molecule has 2 rings (SSSR count). The van der Waals surface area contributed by atoms with E-state index in [9.17, 15) is 4.79 Å². The molecule has 0 bridgehead atoms. The number of aromatic nitrogens is 2. The number of halogens is 1. The van der Waals surface area contributed by atoms with E-state index in [4.69, 9.17) is 0 Å². The first kappa shape index (κ1) is 11.6. The Morgan fingerprint density at radius 1 is 1.62 bits per heavy atom. The average molecular weight is 287 g/mol. The molecule has 0 radical (unpaired) electrons. The summed E-state index contributed by atoms with van der Waals surface area (Å²) in [7, 11) is 1.65. The number of piperazine rings is 1. The van der Waals surface area contributed by atoms with Gasteiger partial charge in [-0.3, -0.25) is 4.79 Å². The third-order valence-corrected chi connectivity index (χ3v) is 3.62. The Balaban J connectivity index is 2.40. The molecule has 1 aromatic heterocycles. The minimum atomic E-state index is -0.0942. The van der Waals surface area contributed by atoms with Crippen molar-refractivity contribution in [3.63, 3.8) is 0 Å². The maximum Gasteiger partial charge on any atom is 0.282 e. The van der Waals surface area contributed by atoms with E-state index in [0.29, 0.717) is 10.5 Å². The smallest absolute Gasteiger partial charge is 0.282 e. The number of nitrogens with one attached hydrogen (secondary N) is 1. The van der Waals surface area contributed by atoms with Crippen LogP contribution in [0, 0.1) is 0 Å². The predicted molar refractivity (Wildman–Crippen MR) is 66.9 cm³/mol. The summed E-state index contributed by atoms with van der Waals surface area (Å²) in [5.74, 6) is 0. The minimum Gasteiger partial charge on any atom is -0.364 e. The molecule has 1 aliphatic rings. The van der Waals surface area contributed by atoms with Gasteiger partial charge in [-0.15, -0.1) is 0 Å². The monoisotopic (exact) mass is 286 g/mol. The van der Waals surface area contributed by atoms with Gasteiger partial charge in [0.2, 0.25) is 0 Å². The Kier molecular flexibility index (Phi) is 3.30. The highest BCUT2D eigenvalue weighted by Crippen LogP contribution is 2.23. The molecule has 1 N–H and O–H groups in total. The maximum atomic E-state index is 11.7. The summed E-state index contributed by atoms with van der Waals surface area (Å²) in [5, 5.41) is 7.38. The fourth-order valence-corrected chi connectivity index (χ4v) is 2.49. The number of nitrogens with zero attached hydrogens (tertiary/aromatic N) is 3. The van der Waals surface area contributed by atoms with Gasteiger partial charge in [0, 0.05) is 32.7 Å². The van der Waals surface area contributed by atoms with E-state index in [1.54, 1.807) is 13.2 Å². The van der Waals surface area contributed by atoms with Gasteiger partial charge in [0.05, 0.1) is 11.9 Å². The van der Waals surface area contributed by atoms with E-state index in [0.717, 1.165) is 25.3 Å². The molecule has 88 valence electrons. The molecule has 1 aromatic rings. The molecule has 5 nitrogen and oxygen atoms in total. The Hall–Kier alpha value is -0.880. The minimum absolute atomic E-state index is 0.0942. The molecule has 2 heterocycles. The Labute approximate surface area is 103 Å². The van der Waals surface area contributed by atoms with Gasteiger partial charge in [-0.2, -0.15) is 5.10 Å². The van der Waals surface area contributed by atoms with Crippen molar-refractivity contribution in [1.82, 2.24) is 15.1 Å². The molecule has 1 aliphatic heterocycles. The normalized spacial score (nSPS) is 21.2. The van der Waals surface area contributed by atoms with Crippen LogP contribution in [-0.2, 0) is 7.05 Å². The molecule has 0 amide bonds. The summed E-state index contributed by atoms with van der Waals surface area (Å²) in [6.07, 6.45) is 1.74. The van der Waals surface area contributed by atoms with Crippen LogP contribution in [-0.4, -0.2) is 35.5 Å². The maximum absolute atomic E-state index is 11.7. The first-order valence-corrected chi connectivity index (χ1v) is 6.09. The molecule has 1 fully saturated rings. The van der Waals surface area contributed by atoms with Crippen molar-refractivity contribution in [2.45, 2.75) is 13.0 Å². The molecule has 1 atom stereocenters. The Bertz CT molecular complexity index is 445. The van der Waals surface area contributed by atoms with Gasteiger partial charge in [-0.1, -0.05) is 0 Å². The number of anilines is 1. The van der Waals surface area contributed by atoms with Crippen molar-refractivity contribution in [2.75, 3.05) is 24.5 Å².